The highest BCUT2D eigenvalue weighted by Crippen LogP contribution is 2.32. The van der Waals surface area contributed by atoms with Crippen LogP contribution in [0.25, 0.3) is 0 Å². The minimum absolute atomic E-state index is 0.0273. The maximum Gasteiger partial charge on any atom is 0.416 e. The van der Waals surface area contributed by atoms with Gasteiger partial charge in [-0.05, 0) is 62.1 Å². The number of carbonyl (C=O) groups is 2. The summed E-state index contributed by atoms with van der Waals surface area (Å²) in [7, 11) is 1.69. The molecular formula is C31H42ClF3N4O2. The van der Waals surface area contributed by atoms with Crippen LogP contribution in [0.1, 0.15) is 58.1 Å². The monoisotopic (exact) mass is 594 g/mol. The summed E-state index contributed by atoms with van der Waals surface area (Å²) in [5.41, 5.74) is 1.24. The molecule has 1 aliphatic heterocycles. The molecule has 0 aromatic heterocycles. The Kier molecular flexibility index (Phi) is 11.5. The van der Waals surface area contributed by atoms with Gasteiger partial charge >= 0.3 is 6.18 Å². The third kappa shape index (κ3) is 9.36. The van der Waals surface area contributed by atoms with Crippen molar-refractivity contribution in [3.8, 4) is 0 Å². The standard InChI is InChI=1S/C31H42ClF3N4O2/c1-22(2)18-30(41)39-14-7-13-37(23(3)4)16-17-38(21-24-10-11-26(32)20-28(24)39)29(40)12-15-36(5)27-9-6-8-25(19-27)31(33,34)35/h6,8-11,19-20,22-23H,7,12-18,21H2,1-5H3. The fourth-order valence-corrected chi connectivity index (χ4v) is 5.20. The molecule has 0 N–H and O–H groups in total. The Morgan fingerprint density at radius 1 is 0.976 bits per heavy atom. The van der Waals surface area contributed by atoms with Crippen LogP contribution in [0.3, 0.4) is 0 Å². The third-order valence-corrected chi connectivity index (χ3v) is 7.66. The van der Waals surface area contributed by atoms with Crippen LogP contribution in [0.2, 0.25) is 5.02 Å². The molecule has 0 radical (unpaired) electrons. The van der Waals surface area contributed by atoms with Crippen molar-refractivity contribution in [3.63, 3.8) is 0 Å². The van der Waals surface area contributed by atoms with Crippen molar-refractivity contribution < 1.29 is 22.8 Å². The molecule has 0 saturated heterocycles. The van der Waals surface area contributed by atoms with E-state index in [1.807, 2.05) is 24.8 Å². The van der Waals surface area contributed by atoms with Crippen LogP contribution in [0.4, 0.5) is 24.5 Å². The second kappa shape index (κ2) is 14.4. The summed E-state index contributed by atoms with van der Waals surface area (Å²) < 4.78 is 39.6. The number of carbonyl (C=O) groups excluding carboxylic acids is 2. The number of halogens is 4. The predicted molar refractivity (Wildman–Crippen MR) is 159 cm³/mol. The summed E-state index contributed by atoms with van der Waals surface area (Å²) in [4.78, 5) is 34.6. The largest absolute Gasteiger partial charge is 0.416 e. The molecule has 0 unspecified atom stereocenters. The summed E-state index contributed by atoms with van der Waals surface area (Å²) in [5, 5.41) is 0.519. The predicted octanol–water partition coefficient (Wildman–Crippen LogP) is 6.71. The van der Waals surface area contributed by atoms with E-state index >= 15 is 0 Å². The zero-order valence-electron chi connectivity index (χ0n) is 24.7. The lowest BCUT2D eigenvalue weighted by molar-refractivity contribution is -0.137. The third-order valence-electron chi connectivity index (χ3n) is 7.43. The highest BCUT2D eigenvalue weighted by molar-refractivity contribution is 6.31. The van der Waals surface area contributed by atoms with Crippen molar-refractivity contribution in [1.29, 1.82) is 0 Å². The van der Waals surface area contributed by atoms with Crippen molar-refractivity contribution in [3.05, 3.63) is 58.6 Å². The highest BCUT2D eigenvalue weighted by Gasteiger charge is 2.31. The van der Waals surface area contributed by atoms with Gasteiger partial charge in [0.25, 0.3) is 0 Å². The molecule has 10 heteroatoms. The second-order valence-corrected chi connectivity index (χ2v) is 11.9. The van der Waals surface area contributed by atoms with Gasteiger partial charge in [-0.2, -0.15) is 13.2 Å². The second-order valence-electron chi connectivity index (χ2n) is 11.4. The van der Waals surface area contributed by atoms with E-state index in [4.69, 9.17) is 11.6 Å². The molecular weight excluding hydrogens is 553 g/mol. The van der Waals surface area contributed by atoms with Crippen LogP contribution >= 0.6 is 11.6 Å². The molecule has 41 heavy (non-hydrogen) atoms. The van der Waals surface area contributed by atoms with E-state index in [9.17, 15) is 22.8 Å². The van der Waals surface area contributed by atoms with E-state index in [1.54, 1.807) is 35.0 Å². The van der Waals surface area contributed by atoms with Gasteiger partial charge in [0.15, 0.2) is 0 Å². The van der Waals surface area contributed by atoms with Crippen molar-refractivity contribution >= 4 is 34.8 Å². The summed E-state index contributed by atoms with van der Waals surface area (Å²) in [5.74, 6) is 0.120. The van der Waals surface area contributed by atoms with Crippen LogP contribution in [0, 0.1) is 5.92 Å². The number of hydrogen-bond acceptors (Lipinski definition) is 4. The number of hydrogen-bond donors (Lipinski definition) is 0. The lowest BCUT2D eigenvalue weighted by Crippen LogP contribution is -2.42. The minimum Gasteiger partial charge on any atom is -0.374 e. The van der Waals surface area contributed by atoms with Gasteiger partial charge < -0.3 is 14.7 Å². The molecule has 226 valence electrons. The maximum atomic E-state index is 13.6. The van der Waals surface area contributed by atoms with E-state index < -0.39 is 11.7 Å². The molecule has 1 heterocycles. The first-order valence-corrected chi connectivity index (χ1v) is 14.6. The van der Waals surface area contributed by atoms with Gasteiger partial charge in [-0.15, -0.1) is 0 Å². The molecule has 1 aliphatic rings. The van der Waals surface area contributed by atoms with Gasteiger partial charge in [0, 0.05) is 75.9 Å². The number of alkyl halides is 3. The van der Waals surface area contributed by atoms with Crippen LogP contribution in [0.15, 0.2) is 42.5 Å². The normalized spacial score (nSPS) is 15.6. The van der Waals surface area contributed by atoms with Crippen molar-refractivity contribution in [1.82, 2.24) is 9.80 Å². The Labute approximate surface area is 247 Å². The first-order valence-electron chi connectivity index (χ1n) is 14.2. The molecule has 2 aromatic carbocycles. The fraction of sp³-hybridized carbons (Fsp3) is 0.548. The molecule has 6 nitrogen and oxygen atoms in total. The molecule has 0 atom stereocenters. The summed E-state index contributed by atoms with van der Waals surface area (Å²) in [6.07, 6.45) is -3.11. The van der Waals surface area contributed by atoms with Crippen LogP contribution in [0.5, 0.6) is 0 Å². The van der Waals surface area contributed by atoms with E-state index in [0.717, 1.165) is 36.3 Å². The molecule has 2 amide bonds. The average molecular weight is 595 g/mol. The summed E-state index contributed by atoms with van der Waals surface area (Å²) >= 11 is 6.39. The maximum absolute atomic E-state index is 13.6. The SMILES string of the molecule is CC(C)CC(=O)N1CCCN(C(C)C)CCN(C(=O)CCN(C)c2cccc(C(F)(F)F)c2)Cc2ccc(Cl)cc21. The number of amides is 2. The smallest absolute Gasteiger partial charge is 0.374 e. The van der Waals surface area contributed by atoms with Gasteiger partial charge in [0.1, 0.15) is 0 Å². The molecule has 3 rings (SSSR count). The number of nitrogens with zero attached hydrogens (tertiary/aromatic N) is 4. The van der Waals surface area contributed by atoms with Gasteiger partial charge in [-0.1, -0.05) is 37.6 Å². The molecule has 0 aliphatic carbocycles. The van der Waals surface area contributed by atoms with Gasteiger partial charge in [-0.3, -0.25) is 14.5 Å². The quantitative estimate of drug-likeness (QED) is 0.358. The van der Waals surface area contributed by atoms with E-state index in [2.05, 4.69) is 18.7 Å². The number of fused-ring (bicyclic) bond motifs is 1. The Hall–Kier alpha value is -2.78. The van der Waals surface area contributed by atoms with E-state index in [0.29, 0.717) is 43.3 Å². The first kappa shape index (κ1) is 32.7. The Morgan fingerprint density at radius 3 is 2.37 bits per heavy atom. The minimum atomic E-state index is -4.43. The summed E-state index contributed by atoms with van der Waals surface area (Å²) in [6.45, 7) is 11.3. The number of anilines is 2. The Morgan fingerprint density at radius 2 is 1.71 bits per heavy atom. The molecule has 0 saturated carbocycles. The van der Waals surface area contributed by atoms with Gasteiger partial charge in [0.05, 0.1) is 11.3 Å². The van der Waals surface area contributed by atoms with Crippen LogP contribution in [-0.2, 0) is 22.3 Å². The zero-order chi connectivity index (χ0) is 30.3. The fourth-order valence-electron chi connectivity index (χ4n) is 5.04. The lowest BCUT2D eigenvalue weighted by Gasteiger charge is -2.30. The summed E-state index contributed by atoms with van der Waals surface area (Å²) in [6, 6.07) is 10.8. The van der Waals surface area contributed by atoms with Gasteiger partial charge in [-0.25, -0.2) is 0 Å². The van der Waals surface area contributed by atoms with Crippen LogP contribution in [-0.4, -0.2) is 67.4 Å². The number of benzene rings is 2. The average Bonchev–Trinajstić information content (AvgIpc) is 2.93. The zero-order valence-corrected chi connectivity index (χ0v) is 25.4. The molecule has 2 aromatic rings. The van der Waals surface area contributed by atoms with Crippen molar-refractivity contribution in [2.45, 2.75) is 65.7 Å². The van der Waals surface area contributed by atoms with Gasteiger partial charge in [0.2, 0.25) is 11.8 Å². The number of rotatable bonds is 7. The topological polar surface area (TPSA) is 47.1 Å². The first-order chi connectivity index (χ1) is 19.3. The Bertz CT molecular complexity index is 1190. The molecule has 0 fully saturated rings. The van der Waals surface area contributed by atoms with E-state index in [1.165, 1.54) is 6.07 Å². The Balaban J connectivity index is 1.87. The molecule has 0 bridgehead atoms. The molecule has 0 spiro atoms. The highest BCUT2D eigenvalue weighted by atomic mass is 35.5. The van der Waals surface area contributed by atoms with Crippen LogP contribution < -0.4 is 9.80 Å². The van der Waals surface area contributed by atoms with Crippen molar-refractivity contribution in [2.75, 3.05) is 49.6 Å². The lowest BCUT2D eigenvalue weighted by atomic mass is 10.1. The van der Waals surface area contributed by atoms with Crippen molar-refractivity contribution in [2.24, 2.45) is 5.92 Å². The van der Waals surface area contributed by atoms with E-state index in [-0.39, 0.29) is 36.7 Å².